The van der Waals surface area contributed by atoms with E-state index in [0.29, 0.717) is 24.0 Å². The van der Waals surface area contributed by atoms with Crippen LogP contribution in [-0.4, -0.2) is 10.5 Å². The predicted octanol–water partition coefficient (Wildman–Crippen LogP) is 3.63. The molecule has 0 fully saturated rings. The van der Waals surface area contributed by atoms with Crippen LogP contribution < -0.4 is 10.9 Å². The molecule has 1 aromatic carbocycles. The van der Waals surface area contributed by atoms with E-state index in [9.17, 15) is 9.59 Å². The molecule has 0 aliphatic carbocycles. The number of benzene rings is 1. The van der Waals surface area contributed by atoms with Gasteiger partial charge in [-0.3, -0.25) is 9.59 Å². The van der Waals surface area contributed by atoms with Gasteiger partial charge in [0.1, 0.15) is 0 Å². The fraction of sp³-hybridized carbons (Fsp3) is 0.263. The van der Waals surface area contributed by atoms with Crippen LogP contribution in [0.15, 0.2) is 41.3 Å². The molecule has 3 aromatic rings. The maximum absolute atomic E-state index is 12.7. The highest BCUT2D eigenvalue weighted by Gasteiger charge is 2.19. The van der Waals surface area contributed by atoms with Crippen molar-refractivity contribution in [3.05, 3.63) is 68.4 Å². The first-order chi connectivity index (χ1) is 11.5. The summed E-state index contributed by atoms with van der Waals surface area (Å²) in [5.74, 6) is -0.189. The molecule has 0 radical (unpaired) electrons. The smallest absolute Gasteiger partial charge is 0.260 e. The summed E-state index contributed by atoms with van der Waals surface area (Å²) in [6.45, 7) is 6.88. The van der Waals surface area contributed by atoms with Gasteiger partial charge in [0.15, 0.2) is 0 Å². The highest BCUT2D eigenvalue weighted by molar-refractivity contribution is 7.19. The van der Waals surface area contributed by atoms with Gasteiger partial charge in [0.05, 0.1) is 10.9 Å². The first-order valence-corrected chi connectivity index (χ1v) is 8.79. The molecule has 24 heavy (non-hydrogen) atoms. The standard InChI is InChI=1S/C19H20N2O2S/c1-4-21-9-8-15-17(19(21)23)16(13(3)24-15)18(22)20-11-14-7-5-6-12(2)10-14/h5-10H,4,11H2,1-3H3,(H,20,22). The van der Waals surface area contributed by atoms with Crippen LogP contribution in [0.4, 0.5) is 0 Å². The van der Waals surface area contributed by atoms with Crippen molar-refractivity contribution in [2.75, 3.05) is 0 Å². The quantitative estimate of drug-likeness (QED) is 0.788. The zero-order valence-electron chi connectivity index (χ0n) is 14.1. The summed E-state index contributed by atoms with van der Waals surface area (Å²) in [4.78, 5) is 26.2. The molecule has 0 spiro atoms. The van der Waals surface area contributed by atoms with Gasteiger partial charge in [-0.05, 0) is 32.4 Å². The van der Waals surface area contributed by atoms with Gasteiger partial charge in [0.25, 0.3) is 11.5 Å². The number of nitrogens with one attached hydrogen (secondary N) is 1. The Labute approximate surface area is 144 Å². The van der Waals surface area contributed by atoms with E-state index in [0.717, 1.165) is 20.7 Å². The van der Waals surface area contributed by atoms with Crippen LogP contribution in [0, 0.1) is 13.8 Å². The Morgan fingerprint density at radius 2 is 2.04 bits per heavy atom. The molecular formula is C19H20N2O2S. The zero-order valence-corrected chi connectivity index (χ0v) is 14.9. The van der Waals surface area contributed by atoms with Crippen LogP contribution in [0.25, 0.3) is 10.1 Å². The fourth-order valence-corrected chi connectivity index (χ4v) is 3.93. The average molecular weight is 340 g/mol. The molecular weight excluding hydrogens is 320 g/mol. The van der Waals surface area contributed by atoms with Gasteiger partial charge in [0.2, 0.25) is 0 Å². The fourth-order valence-electron chi connectivity index (χ4n) is 2.88. The van der Waals surface area contributed by atoms with Gasteiger partial charge in [-0.1, -0.05) is 29.8 Å². The molecule has 0 atom stereocenters. The summed E-state index contributed by atoms with van der Waals surface area (Å²) in [6.07, 6.45) is 1.79. The molecule has 0 saturated heterocycles. The highest BCUT2D eigenvalue weighted by atomic mass is 32.1. The van der Waals surface area contributed by atoms with E-state index in [1.165, 1.54) is 11.3 Å². The van der Waals surface area contributed by atoms with Crippen molar-refractivity contribution in [3.63, 3.8) is 0 Å². The van der Waals surface area contributed by atoms with Crippen LogP contribution >= 0.6 is 11.3 Å². The summed E-state index contributed by atoms with van der Waals surface area (Å²) < 4.78 is 2.49. The van der Waals surface area contributed by atoms with Crippen LogP contribution in [-0.2, 0) is 13.1 Å². The van der Waals surface area contributed by atoms with Crippen LogP contribution in [0.2, 0.25) is 0 Å². The summed E-state index contributed by atoms with van der Waals surface area (Å²) in [6, 6.07) is 9.94. The Balaban J connectivity index is 1.95. The number of rotatable bonds is 4. The van der Waals surface area contributed by atoms with E-state index in [-0.39, 0.29) is 11.5 Å². The molecule has 0 aliphatic rings. The van der Waals surface area contributed by atoms with Gasteiger partial charge in [0, 0.05) is 28.9 Å². The summed E-state index contributed by atoms with van der Waals surface area (Å²) in [5.41, 5.74) is 2.62. The van der Waals surface area contributed by atoms with E-state index in [4.69, 9.17) is 0 Å². The number of amides is 1. The third-order valence-corrected chi connectivity index (χ3v) is 5.17. The Hall–Kier alpha value is -2.40. The number of pyridine rings is 1. The largest absolute Gasteiger partial charge is 0.348 e. The second kappa shape index (κ2) is 6.61. The lowest BCUT2D eigenvalue weighted by atomic mass is 10.1. The van der Waals surface area contributed by atoms with Crippen LogP contribution in [0.5, 0.6) is 0 Å². The average Bonchev–Trinajstić information content (AvgIpc) is 2.90. The minimum atomic E-state index is -0.189. The van der Waals surface area contributed by atoms with E-state index >= 15 is 0 Å². The lowest BCUT2D eigenvalue weighted by molar-refractivity contribution is 0.0952. The second-order valence-corrected chi connectivity index (χ2v) is 7.11. The van der Waals surface area contributed by atoms with Gasteiger partial charge < -0.3 is 9.88 Å². The Morgan fingerprint density at radius 3 is 2.75 bits per heavy atom. The molecule has 0 unspecified atom stereocenters. The molecule has 2 heterocycles. The topological polar surface area (TPSA) is 51.1 Å². The molecule has 2 aromatic heterocycles. The van der Waals surface area contributed by atoms with E-state index < -0.39 is 0 Å². The maximum atomic E-state index is 12.7. The van der Waals surface area contributed by atoms with Crippen molar-refractivity contribution in [2.24, 2.45) is 0 Å². The maximum Gasteiger partial charge on any atom is 0.260 e. The van der Waals surface area contributed by atoms with Crippen molar-refractivity contribution >= 4 is 27.3 Å². The Kier molecular flexibility index (Phi) is 4.53. The van der Waals surface area contributed by atoms with E-state index in [1.54, 1.807) is 10.8 Å². The van der Waals surface area contributed by atoms with Gasteiger partial charge in [-0.15, -0.1) is 11.3 Å². The lowest BCUT2D eigenvalue weighted by Crippen LogP contribution is -2.26. The Morgan fingerprint density at radius 1 is 1.25 bits per heavy atom. The number of hydrogen-bond donors (Lipinski definition) is 1. The second-order valence-electron chi connectivity index (χ2n) is 5.85. The summed E-state index contributed by atoms with van der Waals surface area (Å²) in [7, 11) is 0. The number of thiophene rings is 1. The first kappa shape index (κ1) is 16.5. The molecule has 0 aliphatic heterocycles. The molecule has 124 valence electrons. The van der Waals surface area contributed by atoms with Crippen molar-refractivity contribution in [3.8, 4) is 0 Å². The Bertz CT molecular complexity index is 969. The van der Waals surface area contributed by atoms with Crippen LogP contribution in [0.3, 0.4) is 0 Å². The lowest BCUT2D eigenvalue weighted by Gasteiger charge is -2.07. The number of aromatic nitrogens is 1. The van der Waals surface area contributed by atoms with Crippen molar-refractivity contribution in [1.82, 2.24) is 9.88 Å². The van der Waals surface area contributed by atoms with Crippen molar-refractivity contribution in [1.29, 1.82) is 0 Å². The summed E-state index contributed by atoms with van der Waals surface area (Å²) in [5, 5.41) is 3.48. The van der Waals surface area contributed by atoms with Gasteiger partial charge in [-0.2, -0.15) is 0 Å². The molecule has 0 bridgehead atoms. The van der Waals surface area contributed by atoms with Crippen LogP contribution in [0.1, 0.15) is 33.3 Å². The number of fused-ring (bicyclic) bond motifs is 1. The minimum absolute atomic E-state index is 0.0972. The third-order valence-electron chi connectivity index (χ3n) is 4.10. The first-order valence-electron chi connectivity index (χ1n) is 7.97. The van der Waals surface area contributed by atoms with E-state index in [2.05, 4.69) is 5.32 Å². The third kappa shape index (κ3) is 2.99. The SMILES string of the molecule is CCn1ccc2sc(C)c(C(=O)NCc3cccc(C)c3)c2c1=O. The number of hydrogen-bond acceptors (Lipinski definition) is 3. The number of carbonyl (C=O) groups excluding carboxylic acids is 1. The normalized spacial score (nSPS) is 11.0. The number of nitrogens with zero attached hydrogens (tertiary/aromatic N) is 1. The monoisotopic (exact) mass is 340 g/mol. The molecule has 5 heteroatoms. The summed E-state index contributed by atoms with van der Waals surface area (Å²) >= 11 is 1.49. The molecule has 4 nitrogen and oxygen atoms in total. The predicted molar refractivity (Wildman–Crippen MR) is 98.8 cm³/mol. The van der Waals surface area contributed by atoms with Crippen molar-refractivity contribution in [2.45, 2.75) is 33.9 Å². The number of carbonyl (C=O) groups is 1. The minimum Gasteiger partial charge on any atom is -0.348 e. The molecule has 1 N–H and O–H groups in total. The van der Waals surface area contributed by atoms with Crippen molar-refractivity contribution < 1.29 is 4.79 Å². The highest BCUT2D eigenvalue weighted by Crippen LogP contribution is 2.28. The molecule has 0 saturated carbocycles. The van der Waals surface area contributed by atoms with Gasteiger partial charge in [-0.25, -0.2) is 0 Å². The zero-order chi connectivity index (χ0) is 17.3. The number of aryl methyl sites for hydroxylation is 3. The molecule has 3 rings (SSSR count). The van der Waals surface area contributed by atoms with E-state index in [1.807, 2.05) is 51.1 Å². The molecule has 1 amide bonds. The van der Waals surface area contributed by atoms with Gasteiger partial charge >= 0.3 is 0 Å².